The number of aromatic nitrogens is 4. The third-order valence-electron chi connectivity index (χ3n) is 8.42. The van der Waals surface area contributed by atoms with Gasteiger partial charge in [0.05, 0.1) is 29.6 Å². The van der Waals surface area contributed by atoms with Gasteiger partial charge in [-0.2, -0.15) is 42.1 Å². The molecule has 11 nitrogen and oxygen atoms in total. The number of fused-ring (bicyclic) bond motifs is 2. The van der Waals surface area contributed by atoms with Gasteiger partial charge in [-0.3, -0.25) is 9.89 Å². The van der Waals surface area contributed by atoms with Crippen molar-refractivity contribution in [1.82, 2.24) is 30.0 Å². The molecule has 2 aliphatic heterocycles. The van der Waals surface area contributed by atoms with Gasteiger partial charge in [-0.05, 0) is 77.7 Å². The molecule has 3 aromatic rings. The number of hydrogen-bond acceptors (Lipinski definition) is 8. The van der Waals surface area contributed by atoms with Crippen molar-refractivity contribution in [3.63, 3.8) is 0 Å². The Morgan fingerprint density at radius 1 is 1.33 bits per heavy atom. The number of halogens is 1. The number of aromatic amines is 1. The number of likely N-dealkylation sites (tertiary alicyclic amines) is 1. The molecular formula is C32H50FN9O2S2. The Labute approximate surface area is 286 Å². The summed E-state index contributed by atoms with van der Waals surface area (Å²) < 4.78 is 18.4. The Hall–Kier alpha value is -3.54. The van der Waals surface area contributed by atoms with Gasteiger partial charge in [0.2, 0.25) is 6.54 Å². The minimum atomic E-state index is -0.973. The lowest BCUT2D eigenvalue weighted by molar-refractivity contribution is -0.130. The maximum atomic E-state index is 12.5. The normalized spacial score (nSPS) is 15.9. The predicted molar refractivity (Wildman–Crippen MR) is 194 cm³/mol. The number of ether oxygens (including phenoxy) is 1. The van der Waals surface area contributed by atoms with Crippen LogP contribution < -0.4 is 15.4 Å². The van der Waals surface area contributed by atoms with Crippen LogP contribution in [0.3, 0.4) is 0 Å². The number of benzene rings is 1. The van der Waals surface area contributed by atoms with Gasteiger partial charge >= 0.3 is 6.01 Å². The lowest BCUT2D eigenvalue weighted by Crippen LogP contribution is -2.40. The van der Waals surface area contributed by atoms with Crippen molar-refractivity contribution in [3.8, 4) is 6.01 Å². The second-order valence-corrected chi connectivity index (χ2v) is 11.3. The van der Waals surface area contributed by atoms with E-state index < -0.39 is 11.7 Å². The van der Waals surface area contributed by atoms with Crippen LogP contribution in [-0.4, -0.2) is 87.8 Å². The van der Waals surface area contributed by atoms with E-state index in [0.29, 0.717) is 37.6 Å². The van der Waals surface area contributed by atoms with Crippen molar-refractivity contribution in [2.24, 2.45) is 0 Å². The third-order valence-corrected chi connectivity index (χ3v) is 8.42. The Kier molecular flexibility index (Phi) is 15.8. The second kappa shape index (κ2) is 18.0. The number of nitrogen functional groups attached to an aromatic ring is 1. The first-order valence-electron chi connectivity index (χ1n) is 14.7. The molecule has 1 fully saturated rings. The molecule has 4 heterocycles. The summed E-state index contributed by atoms with van der Waals surface area (Å²) in [4.78, 5) is 29.5. The number of carbonyl (C=O) groups is 1. The van der Waals surface area contributed by atoms with Crippen LogP contribution in [0.15, 0.2) is 24.7 Å². The fourth-order valence-electron chi connectivity index (χ4n) is 5.81. The SMILES string of the molecule is C.Cc1cc2[nH]ncc2c(N2CCc3c(N)nc(OC[C@@H]4CCCN4C)nc3C2)c1C.S.S.[C-]#[N+]C[C@@H](C)N(CC)C(=O)C(=C)F. The molecule has 46 heavy (non-hydrogen) atoms. The van der Waals surface area contributed by atoms with Gasteiger partial charge in [0.15, 0.2) is 5.83 Å². The molecule has 0 bridgehead atoms. The summed E-state index contributed by atoms with van der Waals surface area (Å²) >= 11 is 0. The number of likely N-dealkylation sites (N-methyl/N-ethyl adjacent to an activating group) is 2. The molecule has 2 atom stereocenters. The van der Waals surface area contributed by atoms with Gasteiger partial charge in [0.25, 0.3) is 5.91 Å². The van der Waals surface area contributed by atoms with E-state index in [9.17, 15) is 9.18 Å². The van der Waals surface area contributed by atoms with Crippen LogP contribution >= 0.6 is 27.0 Å². The molecule has 14 heteroatoms. The average Bonchev–Trinajstić information content (AvgIpc) is 3.61. The highest BCUT2D eigenvalue weighted by molar-refractivity contribution is 7.59. The van der Waals surface area contributed by atoms with Crippen LogP contribution in [0.2, 0.25) is 0 Å². The van der Waals surface area contributed by atoms with E-state index in [0.717, 1.165) is 48.1 Å². The first kappa shape index (κ1) is 40.5. The third kappa shape index (κ3) is 9.04. The van der Waals surface area contributed by atoms with E-state index in [1.807, 2.05) is 6.20 Å². The number of carbonyl (C=O) groups excluding carboxylic acids is 1. The lowest BCUT2D eigenvalue weighted by atomic mass is 9.99. The van der Waals surface area contributed by atoms with Crippen LogP contribution in [0, 0.1) is 20.4 Å². The molecule has 0 saturated carbocycles. The molecular weight excluding hydrogens is 626 g/mol. The monoisotopic (exact) mass is 675 g/mol. The van der Waals surface area contributed by atoms with Gasteiger partial charge in [-0.1, -0.05) is 14.0 Å². The largest absolute Gasteiger partial charge is 0.462 e. The fraction of sp³-hybridized carbons (Fsp3) is 0.531. The van der Waals surface area contributed by atoms with Crippen molar-refractivity contribution in [2.45, 2.75) is 73.0 Å². The quantitative estimate of drug-likeness (QED) is 0.251. The van der Waals surface area contributed by atoms with E-state index in [2.05, 4.69) is 63.4 Å². The van der Waals surface area contributed by atoms with Crippen LogP contribution in [0.25, 0.3) is 15.7 Å². The molecule has 0 unspecified atom stereocenters. The number of aryl methyl sites for hydroxylation is 1. The first-order chi connectivity index (χ1) is 20.5. The number of hydrogen-bond donors (Lipinski definition) is 2. The second-order valence-electron chi connectivity index (χ2n) is 11.3. The summed E-state index contributed by atoms with van der Waals surface area (Å²) in [6.07, 6.45) is 5.09. The smallest absolute Gasteiger partial charge is 0.318 e. The molecule has 0 radical (unpaired) electrons. The van der Waals surface area contributed by atoms with Gasteiger partial charge in [-0.25, -0.2) is 11.0 Å². The van der Waals surface area contributed by atoms with E-state index in [4.69, 9.17) is 22.0 Å². The fourth-order valence-corrected chi connectivity index (χ4v) is 5.81. The molecule has 2 aromatic heterocycles. The Morgan fingerprint density at radius 3 is 2.65 bits per heavy atom. The molecule has 1 saturated heterocycles. The van der Waals surface area contributed by atoms with Gasteiger partial charge in [-0.15, -0.1) is 0 Å². The zero-order chi connectivity index (χ0) is 31.3. The summed E-state index contributed by atoms with van der Waals surface area (Å²) in [5.41, 5.74) is 13.1. The molecule has 2 aliphatic rings. The molecule has 0 spiro atoms. The summed E-state index contributed by atoms with van der Waals surface area (Å²) in [6.45, 7) is 21.2. The summed E-state index contributed by atoms with van der Waals surface area (Å²) in [5, 5.41) is 8.51. The van der Waals surface area contributed by atoms with Crippen molar-refractivity contribution >= 4 is 55.3 Å². The highest BCUT2D eigenvalue weighted by atomic mass is 32.1. The van der Waals surface area contributed by atoms with Crippen molar-refractivity contribution < 1.29 is 13.9 Å². The van der Waals surface area contributed by atoms with E-state index >= 15 is 0 Å². The van der Waals surface area contributed by atoms with Gasteiger partial charge in [0, 0.05) is 30.1 Å². The summed E-state index contributed by atoms with van der Waals surface area (Å²) in [6, 6.07) is 2.71. The number of rotatable bonds is 8. The molecule has 1 aromatic carbocycles. The highest BCUT2D eigenvalue weighted by Crippen LogP contribution is 2.35. The summed E-state index contributed by atoms with van der Waals surface area (Å²) in [5.74, 6) is -1.15. The lowest BCUT2D eigenvalue weighted by Gasteiger charge is -2.32. The average molecular weight is 676 g/mol. The zero-order valence-electron chi connectivity index (χ0n) is 26.8. The topological polar surface area (TPSA) is 121 Å². The molecule has 5 rings (SSSR count). The number of H-pyrrole nitrogens is 1. The van der Waals surface area contributed by atoms with Crippen LogP contribution in [-0.2, 0) is 17.8 Å². The van der Waals surface area contributed by atoms with Crippen LogP contribution in [0.4, 0.5) is 15.9 Å². The molecule has 3 N–H and O–H groups in total. The van der Waals surface area contributed by atoms with Gasteiger partial charge in [0.1, 0.15) is 18.5 Å². The summed E-state index contributed by atoms with van der Waals surface area (Å²) in [7, 11) is 2.14. The van der Waals surface area contributed by atoms with Crippen molar-refractivity contribution in [2.75, 3.05) is 50.5 Å². The number of nitrogens with zero attached hydrogens (tertiary/aromatic N) is 7. The number of amides is 1. The first-order valence-corrected chi connectivity index (χ1v) is 14.7. The maximum absolute atomic E-state index is 12.5. The van der Waals surface area contributed by atoms with Gasteiger partial charge < -0.3 is 30.0 Å². The standard InChI is InChI=1S/C22H29N7O.C9H13FN2O.CH4.2H2S/c1-13-9-18-17(10-24-27-18)20(14(13)2)29-8-6-16-19(11-29)25-22(26-21(16)23)30-12-15-5-4-7-28(15)3;1-5-12(7(2)6-11-4)9(13)8(3)10;;;/h9-10,15H,4-8,11-12H2,1-3H3,(H,24,27)(H2,23,25,26);7H,3,5-6H2,1-2H3;1H4;2*1H2/t15-;7-;;;/m01.../s1. The van der Waals surface area contributed by atoms with Crippen molar-refractivity contribution in [1.29, 1.82) is 0 Å². The Bertz CT molecular complexity index is 1530. The van der Waals surface area contributed by atoms with Crippen molar-refractivity contribution in [3.05, 3.63) is 58.5 Å². The number of nitrogens with one attached hydrogen (secondary N) is 1. The minimum Gasteiger partial charge on any atom is -0.462 e. The van der Waals surface area contributed by atoms with E-state index in [-0.39, 0.29) is 47.0 Å². The maximum Gasteiger partial charge on any atom is 0.318 e. The van der Waals surface area contributed by atoms with E-state index in [1.54, 1.807) is 13.8 Å². The molecule has 1 amide bonds. The molecule has 254 valence electrons. The predicted octanol–water partition coefficient (Wildman–Crippen LogP) is 5.08. The van der Waals surface area contributed by atoms with E-state index in [1.165, 1.54) is 28.1 Å². The zero-order valence-corrected chi connectivity index (χ0v) is 28.8. The van der Waals surface area contributed by atoms with Crippen LogP contribution in [0.5, 0.6) is 6.01 Å². The molecule has 0 aliphatic carbocycles. The number of anilines is 2. The van der Waals surface area contributed by atoms with Crippen LogP contribution in [0.1, 0.15) is 56.5 Å². The highest BCUT2D eigenvalue weighted by Gasteiger charge is 2.27. The number of nitrogens with two attached hydrogens (primary N) is 1. The Morgan fingerprint density at radius 2 is 2.04 bits per heavy atom. The minimum absolute atomic E-state index is 0. The Balaban J connectivity index is 0.000000572.